The number of rotatable bonds is 2. The summed E-state index contributed by atoms with van der Waals surface area (Å²) in [4.78, 5) is 17.3. The molecular weight excluding hydrogens is 364 g/mol. The maximum absolute atomic E-state index is 14.4. The summed E-state index contributed by atoms with van der Waals surface area (Å²) in [5.41, 5.74) is 2.48. The van der Waals surface area contributed by atoms with Crippen molar-refractivity contribution in [2.75, 3.05) is 6.79 Å². The Kier molecular flexibility index (Phi) is 3.72. The molecule has 2 aliphatic heterocycles. The van der Waals surface area contributed by atoms with Gasteiger partial charge in [0.15, 0.2) is 17.3 Å². The third-order valence-corrected chi connectivity index (χ3v) is 4.83. The second kappa shape index (κ2) is 6.27. The predicted molar refractivity (Wildman–Crippen MR) is 99.5 cm³/mol. The van der Waals surface area contributed by atoms with Crippen molar-refractivity contribution in [1.29, 1.82) is 0 Å². The minimum atomic E-state index is -0.492. The van der Waals surface area contributed by atoms with Crippen LogP contribution in [0.3, 0.4) is 0 Å². The molecule has 3 aromatic rings. The number of halogens is 2. The second-order valence-electron chi connectivity index (χ2n) is 6.55. The van der Waals surface area contributed by atoms with Crippen molar-refractivity contribution in [3.05, 3.63) is 77.4 Å². The molecule has 5 rings (SSSR count). The molecule has 0 unspecified atom stereocenters. The molecule has 0 fully saturated rings. The first-order chi connectivity index (χ1) is 13.6. The number of nitrogens with zero attached hydrogens (tertiary/aromatic N) is 1. The van der Waals surface area contributed by atoms with Crippen molar-refractivity contribution in [3.8, 4) is 22.6 Å². The zero-order valence-electron chi connectivity index (χ0n) is 14.5. The fraction of sp³-hybridized carbons (Fsp3) is 0.0909. The van der Waals surface area contributed by atoms with Crippen LogP contribution in [0, 0.1) is 11.6 Å². The molecule has 4 nitrogen and oxygen atoms in total. The van der Waals surface area contributed by atoms with E-state index in [1.165, 1.54) is 24.3 Å². The number of Topliss-reactive ketones (excluding diaryl/α,β-unsaturated/α-hetero) is 1. The van der Waals surface area contributed by atoms with E-state index in [-0.39, 0.29) is 24.6 Å². The molecule has 0 saturated heterocycles. The van der Waals surface area contributed by atoms with E-state index in [1.54, 1.807) is 30.3 Å². The molecule has 2 aliphatic rings. The number of carbonyl (C=O) groups is 1. The van der Waals surface area contributed by atoms with Crippen LogP contribution >= 0.6 is 0 Å². The van der Waals surface area contributed by atoms with Crippen LogP contribution in [0.1, 0.15) is 22.3 Å². The lowest BCUT2D eigenvalue weighted by Gasteiger charge is -2.18. The second-order valence-corrected chi connectivity index (χ2v) is 6.55. The van der Waals surface area contributed by atoms with Crippen LogP contribution in [0.2, 0.25) is 0 Å². The molecule has 28 heavy (non-hydrogen) atoms. The predicted octanol–water partition coefficient (Wildman–Crippen LogP) is 5.07. The number of hydrogen-bond acceptors (Lipinski definition) is 4. The molecule has 0 aromatic heterocycles. The van der Waals surface area contributed by atoms with Gasteiger partial charge >= 0.3 is 0 Å². The van der Waals surface area contributed by atoms with Gasteiger partial charge in [-0.25, -0.2) is 8.78 Å². The van der Waals surface area contributed by atoms with Gasteiger partial charge in [-0.3, -0.25) is 9.79 Å². The molecule has 3 aromatic carbocycles. The van der Waals surface area contributed by atoms with Crippen LogP contribution in [-0.2, 0) is 0 Å². The Hall–Kier alpha value is -3.54. The zero-order valence-corrected chi connectivity index (χ0v) is 14.5. The molecule has 138 valence electrons. The summed E-state index contributed by atoms with van der Waals surface area (Å²) in [6.45, 7) is 0.0956. The van der Waals surface area contributed by atoms with Crippen molar-refractivity contribution in [2.45, 2.75) is 6.42 Å². The molecule has 2 heterocycles. The summed E-state index contributed by atoms with van der Waals surface area (Å²) < 4.78 is 39.0. The summed E-state index contributed by atoms with van der Waals surface area (Å²) in [5, 5.41) is 0. The lowest BCUT2D eigenvalue weighted by Crippen LogP contribution is -2.15. The normalized spacial score (nSPS) is 14.6. The van der Waals surface area contributed by atoms with E-state index in [9.17, 15) is 13.6 Å². The SMILES string of the molecule is O=C1CC(c2ccc(F)cc2-c2ccccc2F)=Nc2cc3c(cc21)OCO3. The number of aliphatic imine (C=N–C) groups is 1. The summed E-state index contributed by atoms with van der Waals surface area (Å²) >= 11 is 0. The van der Waals surface area contributed by atoms with Crippen LogP contribution < -0.4 is 9.47 Å². The van der Waals surface area contributed by atoms with Gasteiger partial charge in [0.1, 0.15) is 11.6 Å². The molecule has 0 radical (unpaired) electrons. The van der Waals surface area contributed by atoms with E-state index in [2.05, 4.69) is 4.99 Å². The van der Waals surface area contributed by atoms with Gasteiger partial charge in [0.05, 0.1) is 17.8 Å². The van der Waals surface area contributed by atoms with Gasteiger partial charge in [0.25, 0.3) is 0 Å². The average molecular weight is 377 g/mol. The van der Waals surface area contributed by atoms with Gasteiger partial charge in [-0.05, 0) is 35.9 Å². The summed E-state index contributed by atoms with van der Waals surface area (Å²) in [5.74, 6) is -0.0685. The number of ketones is 1. The Morgan fingerprint density at radius 3 is 2.43 bits per heavy atom. The monoisotopic (exact) mass is 377 g/mol. The van der Waals surface area contributed by atoms with Crippen molar-refractivity contribution in [2.24, 2.45) is 4.99 Å². The first-order valence-electron chi connectivity index (χ1n) is 8.69. The topological polar surface area (TPSA) is 47.9 Å². The molecule has 6 heteroatoms. The lowest BCUT2D eigenvalue weighted by molar-refractivity contribution is 0.0999. The van der Waals surface area contributed by atoms with E-state index < -0.39 is 11.6 Å². The summed E-state index contributed by atoms with van der Waals surface area (Å²) in [6, 6.07) is 13.5. The third kappa shape index (κ3) is 2.65. The van der Waals surface area contributed by atoms with Gasteiger partial charge in [-0.2, -0.15) is 0 Å². The summed E-state index contributed by atoms with van der Waals surface area (Å²) in [7, 11) is 0. The maximum Gasteiger partial charge on any atom is 0.231 e. The van der Waals surface area contributed by atoms with E-state index >= 15 is 0 Å². The van der Waals surface area contributed by atoms with Crippen molar-refractivity contribution >= 4 is 17.2 Å². The highest BCUT2D eigenvalue weighted by Gasteiger charge is 2.27. The number of carbonyl (C=O) groups excluding carboxylic acids is 1. The summed E-state index contributed by atoms with van der Waals surface area (Å²) in [6.07, 6.45) is 0.0275. The van der Waals surface area contributed by atoms with Gasteiger partial charge in [0, 0.05) is 22.8 Å². The number of hydrogen-bond donors (Lipinski definition) is 0. The molecular formula is C22H13F2NO3. The fourth-order valence-electron chi connectivity index (χ4n) is 3.51. The minimum absolute atomic E-state index is 0.0275. The molecule has 0 amide bonds. The Bertz CT molecular complexity index is 1170. The third-order valence-electron chi connectivity index (χ3n) is 4.83. The molecule has 0 N–H and O–H groups in total. The Morgan fingerprint density at radius 1 is 0.821 bits per heavy atom. The molecule has 0 bridgehead atoms. The Labute approximate surface area is 159 Å². The average Bonchev–Trinajstić information content (AvgIpc) is 3.14. The van der Waals surface area contributed by atoms with Crippen LogP contribution in [0.25, 0.3) is 11.1 Å². The maximum atomic E-state index is 14.4. The molecule has 0 saturated carbocycles. The highest BCUT2D eigenvalue weighted by molar-refractivity contribution is 6.22. The van der Waals surface area contributed by atoms with Crippen LogP contribution in [0.4, 0.5) is 14.5 Å². The Morgan fingerprint density at radius 2 is 1.61 bits per heavy atom. The smallest absolute Gasteiger partial charge is 0.231 e. The molecule has 0 atom stereocenters. The quantitative estimate of drug-likeness (QED) is 0.627. The largest absolute Gasteiger partial charge is 0.454 e. The first-order valence-corrected chi connectivity index (χ1v) is 8.69. The van der Waals surface area contributed by atoms with Crippen molar-refractivity contribution < 1.29 is 23.0 Å². The van der Waals surface area contributed by atoms with E-state index in [4.69, 9.17) is 9.47 Å². The zero-order chi connectivity index (χ0) is 19.3. The van der Waals surface area contributed by atoms with Crippen LogP contribution in [0.5, 0.6) is 11.5 Å². The van der Waals surface area contributed by atoms with Gasteiger partial charge < -0.3 is 9.47 Å². The number of ether oxygens (including phenoxy) is 2. The van der Waals surface area contributed by atoms with Gasteiger partial charge in [0.2, 0.25) is 6.79 Å². The highest BCUT2D eigenvalue weighted by Crippen LogP contribution is 2.41. The number of fused-ring (bicyclic) bond motifs is 2. The van der Waals surface area contributed by atoms with Crippen LogP contribution in [0.15, 0.2) is 59.6 Å². The first kappa shape index (κ1) is 16.6. The van der Waals surface area contributed by atoms with Crippen molar-refractivity contribution in [1.82, 2.24) is 0 Å². The Balaban J connectivity index is 1.68. The molecule has 0 aliphatic carbocycles. The number of benzene rings is 3. The lowest BCUT2D eigenvalue weighted by atomic mass is 9.90. The highest BCUT2D eigenvalue weighted by atomic mass is 19.1. The van der Waals surface area contributed by atoms with E-state index in [0.29, 0.717) is 39.6 Å². The van der Waals surface area contributed by atoms with Gasteiger partial charge in [-0.15, -0.1) is 0 Å². The van der Waals surface area contributed by atoms with Crippen molar-refractivity contribution in [3.63, 3.8) is 0 Å². The van der Waals surface area contributed by atoms with E-state index in [1.807, 2.05) is 0 Å². The van der Waals surface area contributed by atoms with Crippen LogP contribution in [-0.4, -0.2) is 18.3 Å². The molecule has 0 spiro atoms. The minimum Gasteiger partial charge on any atom is -0.454 e. The standard InChI is InChI=1S/C22H13F2NO3/c23-12-5-6-14(15(7-12)13-3-1-2-4-17(13)24)18-9-20(26)16-8-21-22(28-11-27-21)10-19(16)25-18/h1-8,10H,9,11H2. The van der Waals surface area contributed by atoms with Gasteiger partial charge in [-0.1, -0.05) is 18.2 Å². The fourth-order valence-corrected chi connectivity index (χ4v) is 3.51. The van der Waals surface area contributed by atoms with E-state index in [0.717, 1.165) is 0 Å².